The molecule has 0 radical (unpaired) electrons. The number of aromatic nitrogens is 3. The molecule has 0 aliphatic carbocycles. The van der Waals surface area contributed by atoms with Crippen LogP contribution in [0.5, 0.6) is 0 Å². The minimum absolute atomic E-state index is 0.137. The Morgan fingerprint density at radius 1 is 1.09 bits per heavy atom. The van der Waals surface area contributed by atoms with Crippen LogP contribution < -0.4 is 10.6 Å². The van der Waals surface area contributed by atoms with Crippen LogP contribution in [0.2, 0.25) is 10.0 Å². The predicted molar refractivity (Wildman–Crippen MR) is 129 cm³/mol. The molecule has 0 aliphatic rings. The topological polar surface area (TPSA) is 88.9 Å². The van der Waals surface area contributed by atoms with Crippen molar-refractivity contribution in [2.24, 2.45) is 7.05 Å². The van der Waals surface area contributed by atoms with Crippen LogP contribution in [0.3, 0.4) is 0 Å². The first kappa shape index (κ1) is 24.1. The van der Waals surface area contributed by atoms with Crippen molar-refractivity contribution < 1.29 is 9.59 Å². The van der Waals surface area contributed by atoms with Gasteiger partial charge in [0.25, 0.3) is 5.91 Å². The van der Waals surface area contributed by atoms with Crippen molar-refractivity contribution in [2.75, 3.05) is 11.1 Å². The maximum absolute atomic E-state index is 12.6. The first-order valence-corrected chi connectivity index (χ1v) is 11.5. The summed E-state index contributed by atoms with van der Waals surface area (Å²) >= 11 is 13.3. The Kier molecular flexibility index (Phi) is 7.82. The largest absolute Gasteiger partial charge is 0.342 e. The van der Waals surface area contributed by atoms with Gasteiger partial charge < -0.3 is 15.2 Å². The van der Waals surface area contributed by atoms with Crippen LogP contribution in [0, 0.1) is 13.8 Å². The molecule has 2 amide bonds. The standard InChI is InChI=1S/C22H23Cl2N5O2S/c1-12-5-7-16(9-13(12)2)26-19(30)11-32-22-28-27-20(29(22)4)14(3)25-21(31)17-8-6-15(23)10-18(17)24/h5-10,14H,11H2,1-4H3,(H,25,31)(H,26,30). The van der Waals surface area contributed by atoms with Gasteiger partial charge in [0.1, 0.15) is 0 Å². The number of thioether (sulfide) groups is 1. The van der Waals surface area contributed by atoms with Crippen LogP contribution >= 0.6 is 35.0 Å². The molecule has 7 nitrogen and oxygen atoms in total. The number of benzene rings is 2. The second-order valence-electron chi connectivity index (χ2n) is 7.35. The van der Waals surface area contributed by atoms with E-state index < -0.39 is 6.04 Å². The molecule has 0 spiro atoms. The van der Waals surface area contributed by atoms with E-state index in [0.717, 1.165) is 11.3 Å². The predicted octanol–water partition coefficient (Wildman–Crippen LogP) is 4.96. The quantitative estimate of drug-likeness (QED) is 0.455. The Labute approximate surface area is 200 Å². The molecule has 10 heteroatoms. The molecule has 0 saturated heterocycles. The lowest BCUT2D eigenvalue weighted by Crippen LogP contribution is -2.28. The number of nitrogens with zero attached hydrogens (tertiary/aromatic N) is 3. The van der Waals surface area contributed by atoms with Crippen LogP contribution in [0.25, 0.3) is 0 Å². The van der Waals surface area contributed by atoms with Crippen molar-refractivity contribution >= 4 is 52.5 Å². The summed E-state index contributed by atoms with van der Waals surface area (Å²) < 4.78 is 1.75. The maximum Gasteiger partial charge on any atom is 0.253 e. The first-order chi connectivity index (χ1) is 15.2. The van der Waals surface area contributed by atoms with Crippen molar-refractivity contribution in [2.45, 2.75) is 32.0 Å². The Morgan fingerprint density at radius 2 is 1.84 bits per heavy atom. The number of hydrogen-bond acceptors (Lipinski definition) is 5. The summed E-state index contributed by atoms with van der Waals surface area (Å²) in [6.07, 6.45) is 0. The van der Waals surface area contributed by atoms with E-state index in [-0.39, 0.29) is 22.6 Å². The first-order valence-electron chi connectivity index (χ1n) is 9.80. The molecule has 3 aromatic rings. The smallest absolute Gasteiger partial charge is 0.253 e. The molecule has 1 aromatic heterocycles. The number of aryl methyl sites for hydroxylation is 2. The van der Waals surface area contributed by atoms with Crippen molar-refractivity contribution in [3.05, 3.63) is 69.0 Å². The Bertz CT molecular complexity index is 1170. The highest BCUT2D eigenvalue weighted by atomic mass is 35.5. The van der Waals surface area contributed by atoms with Gasteiger partial charge in [-0.05, 0) is 62.2 Å². The third kappa shape index (κ3) is 5.82. The summed E-state index contributed by atoms with van der Waals surface area (Å²) in [4.78, 5) is 24.9. The van der Waals surface area contributed by atoms with E-state index in [4.69, 9.17) is 23.2 Å². The van der Waals surface area contributed by atoms with Crippen molar-refractivity contribution in [1.29, 1.82) is 0 Å². The molecule has 1 atom stereocenters. The Hall–Kier alpha value is -2.55. The highest BCUT2D eigenvalue weighted by Gasteiger charge is 2.20. The normalized spacial score (nSPS) is 11.8. The lowest BCUT2D eigenvalue weighted by atomic mass is 10.1. The highest BCUT2D eigenvalue weighted by Crippen LogP contribution is 2.23. The van der Waals surface area contributed by atoms with Crippen LogP contribution in [0.15, 0.2) is 41.6 Å². The number of carbonyl (C=O) groups excluding carboxylic acids is 2. The van der Waals surface area contributed by atoms with E-state index in [1.165, 1.54) is 23.4 Å². The second kappa shape index (κ2) is 10.4. The number of nitrogens with one attached hydrogen (secondary N) is 2. The number of carbonyl (C=O) groups is 2. The molecule has 1 heterocycles. The molecule has 168 valence electrons. The van der Waals surface area contributed by atoms with Crippen LogP contribution in [-0.2, 0) is 11.8 Å². The average molecular weight is 492 g/mol. The van der Waals surface area contributed by atoms with Crippen LogP contribution in [0.1, 0.15) is 40.3 Å². The highest BCUT2D eigenvalue weighted by molar-refractivity contribution is 7.99. The molecule has 0 bridgehead atoms. The monoisotopic (exact) mass is 491 g/mol. The van der Waals surface area contributed by atoms with Gasteiger partial charge in [-0.25, -0.2) is 0 Å². The van der Waals surface area contributed by atoms with Crippen LogP contribution in [-0.4, -0.2) is 32.3 Å². The number of anilines is 1. The zero-order chi connectivity index (χ0) is 23.4. The average Bonchev–Trinajstić information content (AvgIpc) is 3.09. The summed E-state index contributed by atoms with van der Waals surface area (Å²) in [5.41, 5.74) is 3.37. The van der Waals surface area contributed by atoms with Crippen molar-refractivity contribution in [3.63, 3.8) is 0 Å². The molecule has 2 N–H and O–H groups in total. The summed E-state index contributed by atoms with van der Waals surface area (Å²) in [7, 11) is 1.79. The summed E-state index contributed by atoms with van der Waals surface area (Å²) in [5.74, 6) is 0.256. The van der Waals surface area contributed by atoms with Gasteiger partial charge in [0.2, 0.25) is 5.91 Å². The lowest BCUT2D eigenvalue weighted by molar-refractivity contribution is -0.113. The van der Waals surface area contributed by atoms with Gasteiger partial charge in [0.05, 0.1) is 22.4 Å². The number of amides is 2. The molecule has 0 fully saturated rings. The van der Waals surface area contributed by atoms with E-state index in [0.29, 0.717) is 21.6 Å². The minimum atomic E-state index is -0.426. The summed E-state index contributed by atoms with van der Waals surface area (Å²) in [5, 5.41) is 15.4. The van der Waals surface area contributed by atoms with E-state index in [2.05, 4.69) is 20.8 Å². The molecule has 3 rings (SSSR count). The lowest BCUT2D eigenvalue weighted by Gasteiger charge is -2.14. The zero-order valence-corrected chi connectivity index (χ0v) is 20.4. The van der Waals surface area contributed by atoms with Gasteiger partial charge in [-0.3, -0.25) is 9.59 Å². The molecule has 0 saturated carbocycles. The van der Waals surface area contributed by atoms with Gasteiger partial charge in [-0.1, -0.05) is 41.0 Å². The van der Waals surface area contributed by atoms with E-state index in [9.17, 15) is 9.59 Å². The third-order valence-electron chi connectivity index (χ3n) is 4.90. The SMILES string of the molecule is Cc1ccc(NC(=O)CSc2nnc(C(C)NC(=O)c3ccc(Cl)cc3Cl)n2C)cc1C. The van der Waals surface area contributed by atoms with Gasteiger partial charge in [0.15, 0.2) is 11.0 Å². The number of halogens is 2. The van der Waals surface area contributed by atoms with E-state index >= 15 is 0 Å². The summed E-state index contributed by atoms with van der Waals surface area (Å²) in [6.45, 7) is 5.82. The fraction of sp³-hybridized carbons (Fsp3) is 0.273. The minimum Gasteiger partial charge on any atom is -0.342 e. The van der Waals surface area contributed by atoms with Gasteiger partial charge in [0, 0.05) is 17.8 Å². The zero-order valence-electron chi connectivity index (χ0n) is 18.1. The van der Waals surface area contributed by atoms with Crippen molar-refractivity contribution in [1.82, 2.24) is 20.1 Å². The molecule has 2 aromatic carbocycles. The molecule has 1 unspecified atom stereocenters. The van der Waals surface area contributed by atoms with Gasteiger partial charge in [-0.15, -0.1) is 10.2 Å². The second-order valence-corrected chi connectivity index (χ2v) is 9.14. The number of hydrogen-bond donors (Lipinski definition) is 2. The molecule has 32 heavy (non-hydrogen) atoms. The summed E-state index contributed by atoms with van der Waals surface area (Å²) in [6, 6.07) is 10.1. The van der Waals surface area contributed by atoms with Gasteiger partial charge in [-0.2, -0.15) is 0 Å². The Balaban J connectivity index is 1.59. The molecule has 0 aliphatic heterocycles. The third-order valence-corrected chi connectivity index (χ3v) is 6.47. The van der Waals surface area contributed by atoms with E-state index in [1.807, 2.05) is 32.0 Å². The Morgan fingerprint density at radius 3 is 2.53 bits per heavy atom. The fourth-order valence-electron chi connectivity index (χ4n) is 2.99. The van der Waals surface area contributed by atoms with Crippen LogP contribution in [0.4, 0.5) is 5.69 Å². The molecular weight excluding hydrogens is 469 g/mol. The van der Waals surface area contributed by atoms with Crippen molar-refractivity contribution in [3.8, 4) is 0 Å². The molecular formula is C22H23Cl2N5O2S. The van der Waals surface area contributed by atoms with E-state index in [1.54, 1.807) is 30.7 Å². The maximum atomic E-state index is 12.6. The fourth-order valence-corrected chi connectivity index (χ4v) is 4.20. The number of rotatable bonds is 7. The van der Waals surface area contributed by atoms with Gasteiger partial charge >= 0.3 is 0 Å².